The van der Waals surface area contributed by atoms with Gasteiger partial charge in [0.2, 0.25) is 12.2 Å². The Bertz CT molecular complexity index is 287. The predicted octanol–water partition coefficient (Wildman–Crippen LogP) is -0.0953. The Morgan fingerprint density at radius 3 is 2.06 bits per heavy atom. The topological polar surface area (TPSA) is 86.6 Å². The van der Waals surface area contributed by atoms with Gasteiger partial charge in [-0.25, -0.2) is 19.6 Å². The first-order chi connectivity index (χ1) is 7.67. The average Bonchev–Trinajstić information content (AvgIpc) is 2.33. The fourth-order valence-electron chi connectivity index (χ4n) is 1.16. The van der Waals surface area contributed by atoms with Gasteiger partial charge in [-0.1, -0.05) is 0 Å². The molecule has 16 heavy (non-hydrogen) atoms. The molecule has 0 aliphatic heterocycles. The van der Waals surface area contributed by atoms with Gasteiger partial charge in [0, 0.05) is 27.4 Å². The Labute approximate surface area is 94.5 Å². The molecular formula is C8H14N2O5Si. The SMILES string of the molecule is CO[Si](CC(CN=C=O)N=C=O)(OC)OC. The van der Waals surface area contributed by atoms with Gasteiger partial charge in [0.1, 0.15) is 0 Å². The van der Waals surface area contributed by atoms with Gasteiger partial charge in [0.25, 0.3) is 0 Å². The van der Waals surface area contributed by atoms with Crippen LogP contribution in [-0.2, 0) is 22.9 Å². The molecule has 1 unspecified atom stereocenters. The summed E-state index contributed by atoms with van der Waals surface area (Å²) in [5.41, 5.74) is 0. The Morgan fingerprint density at radius 2 is 1.69 bits per heavy atom. The smallest absolute Gasteiger partial charge is 0.377 e. The number of carbonyl (C=O) groups excluding carboxylic acids is 2. The van der Waals surface area contributed by atoms with Crippen LogP contribution in [0.1, 0.15) is 0 Å². The van der Waals surface area contributed by atoms with E-state index >= 15 is 0 Å². The van der Waals surface area contributed by atoms with Crippen molar-refractivity contribution in [3.8, 4) is 0 Å². The molecule has 0 saturated carbocycles. The van der Waals surface area contributed by atoms with Gasteiger partial charge in [-0.15, -0.1) is 0 Å². The van der Waals surface area contributed by atoms with Gasteiger partial charge in [-0.3, -0.25) is 0 Å². The molecule has 0 N–H and O–H groups in total. The summed E-state index contributed by atoms with van der Waals surface area (Å²) < 4.78 is 15.5. The van der Waals surface area contributed by atoms with Crippen LogP contribution in [0.2, 0.25) is 6.04 Å². The summed E-state index contributed by atoms with van der Waals surface area (Å²) >= 11 is 0. The second-order valence-corrected chi connectivity index (χ2v) is 5.80. The van der Waals surface area contributed by atoms with Crippen LogP contribution in [0.15, 0.2) is 9.98 Å². The molecule has 0 rings (SSSR count). The van der Waals surface area contributed by atoms with Crippen LogP contribution < -0.4 is 0 Å². The number of nitrogens with zero attached hydrogens (tertiary/aromatic N) is 2. The summed E-state index contributed by atoms with van der Waals surface area (Å²) in [6.07, 6.45) is 2.79. The van der Waals surface area contributed by atoms with E-state index < -0.39 is 14.8 Å². The molecule has 0 saturated heterocycles. The van der Waals surface area contributed by atoms with Gasteiger partial charge in [0.15, 0.2) is 0 Å². The van der Waals surface area contributed by atoms with E-state index in [0.717, 1.165) is 0 Å². The molecule has 8 heteroatoms. The first kappa shape index (κ1) is 14.9. The van der Waals surface area contributed by atoms with Gasteiger partial charge in [0.05, 0.1) is 12.6 Å². The molecule has 1 atom stereocenters. The molecule has 0 aliphatic carbocycles. The molecule has 0 fully saturated rings. The van der Waals surface area contributed by atoms with E-state index in [1.165, 1.54) is 33.5 Å². The van der Waals surface area contributed by atoms with Crippen molar-refractivity contribution < 1.29 is 22.9 Å². The maximum Gasteiger partial charge on any atom is 0.502 e. The Hall–Kier alpha value is -1.14. The largest absolute Gasteiger partial charge is 0.502 e. The molecule has 7 nitrogen and oxygen atoms in total. The van der Waals surface area contributed by atoms with Crippen molar-refractivity contribution >= 4 is 21.0 Å². The second kappa shape index (κ2) is 8.06. The monoisotopic (exact) mass is 246 g/mol. The van der Waals surface area contributed by atoms with Crippen LogP contribution in [0, 0.1) is 0 Å². The maximum atomic E-state index is 10.2. The predicted molar refractivity (Wildman–Crippen MR) is 56.5 cm³/mol. The number of isocyanates is 2. The summed E-state index contributed by atoms with van der Waals surface area (Å²) in [7, 11) is 1.51. The molecule has 0 heterocycles. The average molecular weight is 246 g/mol. The summed E-state index contributed by atoms with van der Waals surface area (Å²) in [5.74, 6) is 0. The van der Waals surface area contributed by atoms with Crippen LogP contribution in [0.25, 0.3) is 0 Å². The number of aliphatic imine (C=N–C) groups is 2. The molecule has 0 aromatic heterocycles. The van der Waals surface area contributed by atoms with E-state index in [0.29, 0.717) is 0 Å². The summed E-state index contributed by atoms with van der Waals surface area (Å²) in [4.78, 5) is 27.0. The van der Waals surface area contributed by atoms with Crippen LogP contribution >= 0.6 is 0 Å². The Balaban J connectivity index is 4.68. The second-order valence-electron chi connectivity index (χ2n) is 2.81. The lowest BCUT2D eigenvalue weighted by Crippen LogP contribution is -2.45. The fourth-order valence-corrected chi connectivity index (χ4v) is 2.95. The third-order valence-corrected chi connectivity index (χ3v) is 4.86. The van der Waals surface area contributed by atoms with Crippen molar-refractivity contribution in [1.82, 2.24) is 0 Å². The first-order valence-electron chi connectivity index (χ1n) is 4.44. The van der Waals surface area contributed by atoms with Crippen LogP contribution in [-0.4, -0.2) is 54.9 Å². The van der Waals surface area contributed by atoms with Crippen LogP contribution in [0.3, 0.4) is 0 Å². The maximum absolute atomic E-state index is 10.2. The zero-order valence-electron chi connectivity index (χ0n) is 9.43. The zero-order chi connectivity index (χ0) is 12.4. The van der Waals surface area contributed by atoms with Crippen LogP contribution in [0.4, 0.5) is 0 Å². The summed E-state index contributed by atoms with van der Waals surface area (Å²) in [5, 5.41) is 0. The van der Waals surface area contributed by atoms with E-state index in [1.54, 1.807) is 0 Å². The van der Waals surface area contributed by atoms with Gasteiger partial charge >= 0.3 is 8.80 Å². The van der Waals surface area contributed by atoms with E-state index in [-0.39, 0.29) is 12.6 Å². The molecule has 0 aliphatic rings. The highest BCUT2D eigenvalue weighted by atomic mass is 28.4. The van der Waals surface area contributed by atoms with E-state index in [2.05, 4.69) is 9.98 Å². The highest BCUT2D eigenvalue weighted by molar-refractivity contribution is 6.60. The highest BCUT2D eigenvalue weighted by Gasteiger charge is 2.40. The van der Waals surface area contributed by atoms with Crippen molar-refractivity contribution in [1.29, 1.82) is 0 Å². The molecule has 0 amide bonds. The third kappa shape index (κ3) is 4.58. The van der Waals surface area contributed by atoms with Gasteiger partial charge < -0.3 is 13.3 Å². The normalized spacial score (nSPS) is 12.4. The molecule has 0 bridgehead atoms. The standard InChI is InChI=1S/C8H14N2O5Si/c1-13-16(14-2,15-3)5-8(10-7-12)4-9-6-11/h8H,4-5H2,1-3H3. The van der Waals surface area contributed by atoms with Crippen molar-refractivity contribution in [3.63, 3.8) is 0 Å². The number of hydrogen-bond acceptors (Lipinski definition) is 7. The van der Waals surface area contributed by atoms with Crippen molar-refractivity contribution in [2.75, 3.05) is 27.9 Å². The lowest BCUT2D eigenvalue weighted by molar-refractivity contribution is 0.121. The lowest BCUT2D eigenvalue weighted by Gasteiger charge is -2.25. The Kier molecular flexibility index (Phi) is 7.48. The highest BCUT2D eigenvalue weighted by Crippen LogP contribution is 2.17. The minimum atomic E-state index is -2.83. The molecule has 90 valence electrons. The van der Waals surface area contributed by atoms with Crippen molar-refractivity contribution in [2.45, 2.75) is 12.1 Å². The minimum absolute atomic E-state index is 0.0313. The third-order valence-electron chi connectivity index (χ3n) is 2.02. The molecule has 0 spiro atoms. The van der Waals surface area contributed by atoms with Crippen molar-refractivity contribution in [2.24, 2.45) is 9.98 Å². The van der Waals surface area contributed by atoms with Gasteiger partial charge in [-0.2, -0.15) is 0 Å². The Morgan fingerprint density at radius 1 is 1.12 bits per heavy atom. The van der Waals surface area contributed by atoms with E-state index in [4.69, 9.17) is 13.3 Å². The van der Waals surface area contributed by atoms with Gasteiger partial charge in [-0.05, 0) is 0 Å². The number of hydrogen-bond donors (Lipinski definition) is 0. The fraction of sp³-hybridized carbons (Fsp3) is 0.750. The quantitative estimate of drug-likeness (QED) is 0.339. The zero-order valence-corrected chi connectivity index (χ0v) is 10.4. The molecular weight excluding hydrogens is 232 g/mol. The number of rotatable bonds is 8. The van der Waals surface area contributed by atoms with Crippen LogP contribution in [0.5, 0.6) is 0 Å². The lowest BCUT2D eigenvalue weighted by atomic mass is 10.4. The minimum Gasteiger partial charge on any atom is -0.377 e. The molecule has 0 radical (unpaired) electrons. The van der Waals surface area contributed by atoms with E-state index in [9.17, 15) is 9.59 Å². The summed E-state index contributed by atoms with van der Waals surface area (Å²) in [6.45, 7) is 0.0313. The molecule has 0 aromatic carbocycles. The first-order valence-corrected chi connectivity index (χ1v) is 6.37. The van der Waals surface area contributed by atoms with Crippen molar-refractivity contribution in [3.05, 3.63) is 0 Å². The van der Waals surface area contributed by atoms with E-state index in [1.807, 2.05) is 0 Å². The molecule has 0 aromatic rings. The summed E-state index contributed by atoms with van der Waals surface area (Å²) in [6, 6.07) is -0.304.